The van der Waals surface area contributed by atoms with Crippen LogP contribution in [0, 0.1) is 12.3 Å². The maximum atomic E-state index is 11.1. The number of rotatable bonds is 4. The third kappa shape index (κ3) is 3.41. The topological polar surface area (TPSA) is 26.3 Å². The molecule has 0 aliphatic heterocycles. The standard InChI is InChI=1S/C12H11BrO2/c1-3-4-7-15-12-6-5-10(9(2)14)8-11(12)13/h1,5-6,8H,4,7H2,2H3. The summed E-state index contributed by atoms with van der Waals surface area (Å²) in [5.74, 6) is 3.23. The third-order valence-electron chi connectivity index (χ3n) is 1.84. The number of hydrogen-bond donors (Lipinski definition) is 0. The highest BCUT2D eigenvalue weighted by atomic mass is 79.9. The van der Waals surface area contributed by atoms with E-state index in [-0.39, 0.29) is 5.78 Å². The second-order valence-electron chi connectivity index (χ2n) is 3.00. The first-order valence-electron chi connectivity index (χ1n) is 4.52. The molecule has 15 heavy (non-hydrogen) atoms. The van der Waals surface area contributed by atoms with E-state index in [0.29, 0.717) is 24.3 Å². The normalized spacial score (nSPS) is 9.40. The van der Waals surface area contributed by atoms with E-state index in [0.717, 1.165) is 4.47 Å². The Morgan fingerprint density at radius 2 is 2.33 bits per heavy atom. The number of ether oxygens (including phenoxy) is 1. The van der Waals surface area contributed by atoms with Crippen molar-refractivity contribution < 1.29 is 9.53 Å². The van der Waals surface area contributed by atoms with Crippen molar-refractivity contribution in [2.24, 2.45) is 0 Å². The maximum absolute atomic E-state index is 11.1. The molecule has 0 fully saturated rings. The number of benzene rings is 1. The van der Waals surface area contributed by atoms with E-state index in [1.54, 1.807) is 18.2 Å². The molecule has 0 radical (unpaired) electrons. The van der Waals surface area contributed by atoms with E-state index in [2.05, 4.69) is 21.9 Å². The zero-order chi connectivity index (χ0) is 11.3. The Hall–Kier alpha value is -1.27. The summed E-state index contributed by atoms with van der Waals surface area (Å²) in [6, 6.07) is 5.24. The van der Waals surface area contributed by atoms with E-state index < -0.39 is 0 Å². The van der Waals surface area contributed by atoms with Crippen LogP contribution < -0.4 is 4.74 Å². The van der Waals surface area contributed by atoms with E-state index in [1.165, 1.54) is 6.92 Å². The number of halogens is 1. The lowest BCUT2D eigenvalue weighted by Gasteiger charge is -2.07. The minimum Gasteiger partial charge on any atom is -0.491 e. The Kier molecular flexibility index (Phi) is 4.38. The summed E-state index contributed by atoms with van der Waals surface area (Å²) in [4.78, 5) is 11.1. The van der Waals surface area contributed by atoms with Crippen LogP contribution in [0.15, 0.2) is 22.7 Å². The zero-order valence-corrected chi connectivity index (χ0v) is 10.0. The molecule has 3 heteroatoms. The lowest BCUT2D eigenvalue weighted by molar-refractivity contribution is 0.101. The molecule has 1 aromatic rings. The molecule has 0 bridgehead atoms. The van der Waals surface area contributed by atoms with Gasteiger partial charge in [0.25, 0.3) is 0 Å². The van der Waals surface area contributed by atoms with Gasteiger partial charge in [0.2, 0.25) is 0 Å². The number of hydrogen-bond acceptors (Lipinski definition) is 2. The van der Waals surface area contributed by atoms with Gasteiger partial charge in [-0.3, -0.25) is 4.79 Å². The number of carbonyl (C=O) groups is 1. The maximum Gasteiger partial charge on any atom is 0.159 e. The van der Waals surface area contributed by atoms with E-state index in [4.69, 9.17) is 11.2 Å². The SMILES string of the molecule is C#CCCOc1ccc(C(C)=O)cc1Br. The molecule has 0 spiro atoms. The zero-order valence-electron chi connectivity index (χ0n) is 8.42. The molecule has 0 heterocycles. The first kappa shape index (κ1) is 11.8. The van der Waals surface area contributed by atoms with Crippen molar-refractivity contribution in [2.45, 2.75) is 13.3 Å². The minimum atomic E-state index is 0.0332. The van der Waals surface area contributed by atoms with Gasteiger partial charge in [-0.25, -0.2) is 0 Å². The predicted molar refractivity (Wildman–Crippen MR) is 63.1 cm³/mol. The first-order chi connectivity index (χ1) is 7.15. The van der Waals surface area contributed by atoms with Crippen LogP contribution in [0.5, 0.6) is 5.75 Å². The van der Waals surface area contributed by atoms with Gasteiger partial charge in [-0.1, -0.05) is 0 Å². The highest BCUT2D eigenvalue weighted by molar-refractivity contribution is 9.10. The van der Waals surface area contributed by atoms with Crippen LogP contribution >= 0.6 is 15.9 Å². The molecule has 0 aromatic heterocycles. The quantitative estimate of drug-likeness (QED) is 0.476. The Labute approximate surface area is 97.8 Å². The second kappa shape index (κ2) is 5.57. The van der Waals surface area contributed by atoms with Crippen molar-refractivity contribution in [2.75, 3.05) is 6.61 Å². The molecule has 0 aliphatic carbocycles. The van der Waals surface area contributed by atoms with Crippen molar-refractivity contribution in [1.29, 1.82) is 0 Å². The molecular formula is C12H11BrO2. The number of Topliss-reactive ketones (excluding diaryl/α,β-unsaturated/α-hetero) is 1. The number of terminal acetylenes is 1. The highest BCUT2D eigenvalue weighted by Gasteiger charge is 2.04. The van der Waals surface area contributed by atoms with Gasteiger partial charge in [0.05, 0.1) is 11.1 Å². The molecule has 0 aliphatic rings. The summed E-state index contributed by atoms with van der Waals surface area (Å²) < 4.78 is 6.18. The van der Waals surface area contributed by atoms with Crippen molar-refractivity contribution >= 4 is 21.7 Å². The van der Waals surface area contributed by atoms with Gasteiger partial charge in [-0.05, 0) is 41.1 Å². The van der Waals surface area contributed by atoms with Gasteiger partial charge in [-0.2, -0.15) is 0 Å². The van der Waals surface area contributed by atoms with Crippen molar-refractivity contribution in [3.8, 4) is 18.1 Å². The lowest BCUT2D eigenvalue weighted by Crippen LogP contribution is -1.98. The number of ketones is 1. The predicted octanol–water partition coefficient (Wildman–Crippen LogP) is 3.05. The largest absolute Gasteiger partial charge is 0.491 e. The van der Waals surface area contributed by atoms with Crippen LogP contribution in [-0.2, 0) is 0 Å². The van der Waals surface area contributed by atoms with Crippen molar-refractivity contribution in [3.05, 3.63) is 28.2 Å². The van der Waals surface area contributed by atoms with Gasteiger partial charge in [0.1, 0.15) is 5.75 Å². The van der Waals surface area contributed by atoms with Gasteiger partial charge in [0.15, 0.2) is 5.78 Å². The Morgan fingerprint density at radius 3 is 2.87 bits per heavy atom. The molecule has 2 nitrogen and oxygen atoms in total. The Morgan fingerprint density at radius 1 is 1.60 bits per heavy atom. The molecule has 0 saturated heterocycles. The fourth-order valence-electron chi connectivity index (χ4n) is 1.06. The van der Waals surface area contributed by atoms with Crippen LogP contribution in [0.1, 0.15) is 23.7 Å². The molecule has 1 rings (SSSR count). The van der Waals surface area contributed by atoms with Gasteiger partial charge < -0.3 is 4.74 Å². The molecular weight excluding hydrogens is 256 g/mol. The second-order valence-corrected chi connectivity index (χ2v) is 3.86. The first-order valence-corrected chi connectivity index (χ1v) is 5.31. The van der Waals surface area contributed by atoms with Crippen molar-refractivity contribution in [3.63, 3.8) is 0 Å². The summed E-state index contributed by atoms with van der Waals surface area (Å²) in [6.45, 7) is 2.01. The molecule has 78 valence electrons. The third-order valence-corrected chi connectivity index (χ3v) is 2.46. The summed E-state index contributed by atoms with van der Waals surface area (Å²) in [5.41, 5.74) is 0.658. The Bertz CT molecular complexity index is 405. The van der Waals surface area contributed by atoms with E-state index in [1.807, 2.05) is 0 Å². The summed E-state index contributed by atoms with van der Waals surface area (Å²) in [6.07, 6.45) is 5.68. The van der Waals surface area contributed by atoms with E-state index >= 15 is 0 Å². The number of carbonyl (C=O) groups excluding carboxylic acids is 1. The summed E-state index contributed by atoms with van der Waals surface area (Å²) in [5, 5.41) is 0. The molecule has 0 atom stereocenters. The fourth-order valence-corrected chi connectivity index (χ4v) is 1.55. The summed E-state index contributed by atoms with van der Waals surface area (Å²) >= 11 is 3.34. The van der Waals surface area contributed by atoms with Crippen LogP contribution in [-0.4, -0.2) is 12.4 Å². The average molecular weight is 267 g/mol. The van der Waals surface area contributed by atoms with Gasteiger partial charge in [-0.15, -0.1) is 12.3 Å². The molecule has 0 saturated carbocycles. The molecule has 0 N–H and O–H groups in total. The average Bonchev–Trinajstić information content (AvgIpc) is 2.20. The fraction of sp³-hybridized carbons (Fsp3) is 0.250. The van der Waals surface area contributed by atoms with Crippen LogP contribution in [0.4, 0.5) is 0 Å². The smallest absolute Gasteiger partial charge is 0.159 e. The molecule has 0 unspecified atom stereocenters. The van der Waals surface area contributed by atoms with E-state index in [9.17, 15) is 4.79 Å². The van der Waals surface area contributed by atoms with Crippen LogP contribution in [0.25, 0.3) is 0 Å². The van der Waals surface area contributed by atoms with Gasteiger partial charge in [0, 0.05) is 12.0 Å². The Balaban J connectivity index is 2.76. The summed E-state index contributed by atoms with van der Waals surface area (Å²) in [7, 11) is 0. The highest BCUT2D eigenvalue weighted by Crippen LogP contribution is 2.26. The minimum absolute atomic E-state index is 0.0332. The lowest BCUT2D eigenvalue weighted by atomic mass is 10.1. The van der Waals surface area contributed by atoms with Crippen LogP contribution in [0.2, 0.25) is 0 Å². The molecule has 1 aromatic carbocycles. The molecule has 0 amide bonds. The van der Waals surface area contributed by atoms with Crippen molar-refractivity contribution in [1.82, 2.24) is 0 Å². The van der Waals surface area contributed by atoms with Crippen LogP contribution in [0.3, 0.4) is 0 Å². The monoisotopic (exact) mass is 266 g/mol. The van der Waals surface area contributed by atoms with Gasteiger partial charge >= 0.3 is 0 Å².